The molecule has 8 heteroatoms. The van der Waals surface area contributed by atoms with Gasteiger partial charge in [0.1, 0.15) is 0 Å². The molecule has 0 bridgehead atoms. The first kappa shape index (κ1) is 21.2. The Hall–Kier alpha value is 0.220. The van der Waals surface area contributed by atoms with E-state index in [1.807, 2.05) is 25.6 Å². The van der Waals surface area contributed by atoms with E-state index < -0.39 is 17.6 Å². The fraction of sp³-hybridized carbons (Fsp3) is 1.00. The van der Waals surface area contributed by atoms with Crippen LogP contribution in [0.25, 0.3) is 0 Å². The van der Waals surface area contributed by atoms with Crippen LogP contribution in [0.3, 0.4) is 0 Å². The first-order chi connectivity index (χ1) is 9.60. The molecule has 0 unspecified atom stereocenters. The molecule has 0 heterocycles. The van der Waals surface area contributed by atoms with Crippen LogP contribution >= 0.6 is 7.21 Å². The molecule has 0 radical (unpaired) electrons. The van der Waals surface area contributed by atoms with Crippen LogP contribution in [0.4, 0.5) is 0 Å². The Balaban J connectivity index is 5.05. The zero-order valence-corrected chi connectivity index (χ0v) is 16.0. The fourth-order valence-corrected chi connectivity index (χ4v) is 6.48. The molecule has 130 valence electrons. The summed E-state index contributed by atoms with van der Waals surface area (Å²) in [5, 5.41) is 0. The van der Waals surface area contributed by atoms with Crippen molar-refractivity contribution in [2.75, 3.05) is 40.1 Å². The molecule has 0 N–H and O–H groups in total. The minimum atomic E-state index is -4.07. The predicted octanol–water partition coefficient (Wildman–Crippen LogP) is 3.39. The van der Waals surface area contributed by atoms with Crippen molar-refractivity contribution in [3.63, 3.8) is 0 Å². The van der Waals surface area contributed by atoms with Crippen molar-refractivity contribution in [1.82, 2.24) is 4.67 Å². The van der Waals surface area contributed by atoms with Crippen LogP contribution < -0.4 is 0 Å². The van der Waals surface area contributed by atoms with Gasteiger partial charge < -0.3 is 0 Å². The molecule has 21 heavy (non-hydrogen) atoms. The topological polar surface area (TPSA) is 65.1 Å². The van der Waals surface area contributed by atoms with E-state index in [1.54, 1.807) is 13.3 Å². The van der Waals surface area contributed by atoms with Crippen molar-refractivity contribution in [3.8, 4) is 0 Å². The van der Waals surface area contributed by atoms with Crippen LogP contribution in [0.1, 0.15) is 46.5 Å². The standard InChI is InChI=1S/C13H32NO5PS/c1-7-10-12-17-20(5,6,14(4)9-3)19-21(15,16)18-13-11-8-2/h7-13H2,1-6H3. The zero-order valence-electron chi connectivity index (χ0n) is 14.3. The Bertz CT molecular complexity index is 399. The van der Waals surface area contributed by atoms with E-state index >= 15 is 0 Å². The summed E-state index contributed by atoms with van der Waals surface area (Å²) in [5.41, 5.74) is 0. The van der Waals surface area contributed by atoms with Crippen LogP contribution in [0.5, 0.6) is 0 Å². The number of unbranched alkanes of at least 4 members (excludes halogenated alkanes) is 2. The monoisotopic (exact) mass is 345 g/mol. The third-order valence-corrected chi connectivity index (χ3v) is 9.42. The second kappa shape index (κ2) is 8.75. The number of nitrogens with zero attached hydrogens (tertiary/aromatic N) is 1. The summed E-state index contributed by atoms with van der Waals surface area (Å²) < 4.78 is 42.2. The van der Waals surface area contributed by atoms with Gasteiger partial charge >= 0.3 is 130 Å². The molecular formula is C13H32NO5PS. The quantitative estimate of drug-likeness (QED) is 0.399. The van der Waals surface area contributed by atoms with Gasteiger partial charge in [-0.15, -0.1) is 0 Å². The molecule has 0 atom stereocenters. The molecule has 0 aliphatic rings. The zero-order chi connectivity index (χ0) is 16.6. The van der Waals surface area contributed by atoms with Crippen LogP contribution in [0, 0.1) is 0 Å². The molecule has 0 amide bonds. The van der Waals surface area contributed by atoms with Crippen molar-refractivity contribution < 1.29 is 21.1 Å². The van der Waals surface area contributed by atoms with Crippen molar-refractivity contribution in [1.29, 1.82) is 0 Å². The molecule has 6 nitrogen and oxygen atoms in total. The van der Waals surface area contributed by atoms with Gasteiger partial charge in [0.25, 0.3) is 0 Å². The molecule has 0 aromatic heterocycles. The molecule has 0 fully saturated rings. The van der Waals surface area contributed by atoms with Crippen molar-refractivity contribution in [2.45, 2.75) is 46.5 Å². The molecule has 0 aromatic carbocycles. The summed E-state index contributed by atoms with van der Waals surface area (Å²) in [5.74, 6) is 0. The average molecular weight is 345 g/mol. The average Bonchev–Trinajstić information content (AvgIpc) is 2.37. The van der Waals surface area contributed by atoms with Crippen molar-refractivity contribution >= 4 is 17.6 Å². The molecule has 0 saturated carbocycles. The Morgan fingerprint density at radius 1 is 1.00 bits per heavy atom. The summed E-state index contributed by atoms with van der Waals surface area (Å²) in [6, 6.07) is 0. The van der Waals surface area contributed by atoms with E-state index in [2.05, 4.69) is 6.92 Å². The van der Waals surface area contributed by atoms with Gasteiger partial charge in [0.15, 0.2) is 0 Å². The van der Waals surface area contributed by atoms with Crippen LogP contribution in [-0.2, 0) is 23.1 Å². The summed E-state index contributed by atoms with van der Waals surface area (Å²) in [7, 11) is -5.71. The molecule has 0 rings (SSSR count). The third-order valence-electron chi connectivity index (χ3n) is 3.41. The fourth-order valence-electron chi connectivity index (χ4n) is 1.63. The van der Waals surface area contributed by atoms with Gasteiger partial charge in [-0.1, -0.05) is 0 Å². The Kier molecular flexibility index (Phi) is 8.84. The maximum absolute atomic E-state index is 12.1. The molecule has 0 spiro atoms. The Morgan fingerprint density at radius 2 is 1.52 bits per heavy atom. The van der Waals surface area contributed by atoms with Crippen LogP contribution in [0.15, 0.2) is 0 Å². The van der Waals surface area contributed by atoms with Gasteiger partial charge in [-0.2, -0.15) is 0 Å². The molecule has 0 aromatic rings. The summed E-state index contributed by atoms with van der Waals surface area (Å²) in [6.07, 6.45) is 3.37. The van der Waals surface area contributed by atoms with E-state index in [-0.39, 0.29) is 6.61 Å². The van der Waals surface area contributed by atoms with E-state index in [1.165, 1.54) is 0 Å². The van der Waals surface area contributed by atoms with E-state index in [4.69, 9.17) is 12.7 Å². The first-order valence-corrected chi connectivity index (χ1v) is 11.8. The predicted molar refractivity (Wildman–Crippen MR) is 88.8 cm³/mol. The summed E-state index contributed by atoms with van der Waals surface area (Å²) in [4.78, 5) is 0. The minimum absolute atomic E-state index is 0.135. The van der Waals surface area contributed by atoms with E-state index in [0.717, 1.165) is 19.3 Å². The Morgan fingerprint density at radius 3 is 2.00 bits per heavy atom. The van der Waals surface area contributed by atoms with Gasteiger partial charge in [-0.3, -0.25) is 0 Å². The van der Waals surface area contributed by atoms with Gasteiger partial charge in [-0.25, -0.2) is 0 Å². The molecule has 0 aliphatic carbocycles. The molecular weight excluding hydrogens is 313 g/mol. The normalized spacial score (nSPS) is 15.1. The van der Waals surface area contributed by atoms with Crippen LogP contribution in [-0.4, -0.2) is 53.2 Å². The Labute approximate surface area is 130 Å². The number of rotatable bonds is 12. The summed E-state index contributed by atoms with van der Waals surface area (Å²) in [6.45, 7) is 10.7. The van der Waals surface area contributed by atoms with Gasteiger partial charge in [0, 0.05) is 0 Å². The SMILES string of the molecule is CCCCOS(=O)(=O)OP(C)(C)(OCCCC)N(C)CC. The second-order valence-corrected chi connectivity index (χ2v) is 11.9. The van der Waals surface area contributed by atoms with Crippen molar-refractivity contribution in [3.05, 3.63) is 0 Å². The van der Waals surface area contributed by atoms with Gasteiger partial charge in [-0.05, 0) is 0 Å². The maximum atomic E-state index is 12.1. The summed E-state index contributed by atoms with van der Waals surface area (Å²) >= 11 is 0. The van der Waals surface area contributed by atoms with Gasteiger partial charge in [0.05, 0.1) is 0 Å². The number of hydrogen-bond donors (Lipinski definition) is 0. The van der Waals surface area contributed by atoms with E-state index in [0.29, 0.717) is 19.6 Å². The third kappa shape index (κ3) is 7.35. The number of hydrogen-bond acceptors (Lipinski definition) is 6. The molecule has 0 aliphatic heterocycles. The van der Waals surface area contributed by atoms with Crippen LogP contribution in [0.2, 0.25) is 0 Å². The first-order valence-electron chi connectivity index (χ1n) is 7.59. The second-order valence-electron chi connectivity index (χ2n) is 5.63. The van der Waals surface area contributed by atoms with Gasteiger partial charge in [0.2, 0.25) is 0 Å². The molecule has 0 saturated heterocycles. The van der Waals surface area contributed by atoms with Crippen molar-refractivity contribution in [2.24, 2.45) is 0 Å². The van der Waals surface area contributed by atoms with E-state index in [9.17, 15) is 8.42 Å².